The maximum Gasteiger partial charge on any atom is 0.199 e. The lowest BCUT2D eigenvalue weighted by Gasteiger charge is -2.05. The zero-order valence-electron chi connectivity index (χ0n) is 25.7. The van der Waals surface area contributed by atoms with E-state index in [1.807, 2.05) is 82.3 Å². The first-order chi connectivity index (χ1) is 23.0. The van der Waals surface area contributed by atoms with Crippen molar-refractivity contribution in [1.82, 2.24) is 0 Å². The van der Waals surface area contributed by atoms with Gasteiger partial charge in [0, 0.05) is 101 Å². The molecule has 0 aromatic heterocycles. The zero-order chi connectivity index (χ0) is 34.5. The maximum absolute atomic E-state index is 12.2. The van der Waals surface area contributed by atoms with Gasteiger partial charge >= 0.3 is 0 Å². The summed E-state index contributed by atoms with van der Waals surface area (Å²) in [7, 11) is -1.61. The molecule has 280 valence electrons. The van der Waals surface area contributed by atoms with Crippen LogP contribution >= 0.6 is 188 Å². The van der Waals surface area contributed by atoms with Crippen molar-refractivity contribution < 1.29 is 28.2 Å². The Morgan fingerprint density at radius 2 is 0.745 bits per heavy atom. The summed E-state index contributed by atoms with van der Waals surface area (Å²) in [5.41, 5.74) is 0. The predicted octanol–water partition coefficient (Wildman–Crippen LogP) is 8.62. The minimum Gasteiger partial charge on any atom is -0.386 e. The smallest absolute Gasteiger partial charge is 0.199 e. The second-order valence-corrected chi connectivity index (χ2v) is 31.6. The second-order valence-electron chi connectivity index (χ2n) is 7.67. The molecular formula is C23H44O6S18. The Hall–Kier alpha value is 5.16. The molecule has 2 unspecified atom stereocenters. The Kier molecular flexibility index (Phi) is 48.7. The second kappa shape index (κ2) is 43.9. The van der Waals surface area contributed by atoms with E-state index in [9.17, 15) is 18.0 Å². The average Bonchev–Trinajstić information content (AvgIpc) is 3.06. The van der Waals surface area contributed by atoms with Gasteiger partial charge in [0.1, 0.15) is 0 Å². The molecule has 0 radical (unpaired) electrons. The highest BCUT2D eigenvalue weighted by molar-refractivity contribution is 8.31. The van der Waals surface area contributed by atoms with E-state index >= 15 is 0 Å². The summed E-state index contributed by atoms with van der Waals surface area (Å²) in [6.45, 7) is 0. The zero-order valence-corrected chi connectivity index (χ0v) is 40.4. The van der Waals surface area contributed by atoms with E-state index < -0.39 is 21.6 Å². The molecule has 0 saturated carbocycles. The molecule has 0 aliphatic rings. The van der Waals surface area contributed by atoms with Gasteiger partial charge in [-0.1, -0.05) is 23.5 Å². The van der Waals surface area contributed by atoms with E-state index in [2.05, 4.69) is 0 Å². The molecule has 2 N–H and O–H groups in total. The van der Waals surface area contributed by atoms with E-state index in [0.717, 1.165) is 68.1 Å². The number of hydrogen-bond donors (Lipinski definition) is 2. The van der Waals surface area contributed by atoms with E-state index in [0.29, 0.717) is 32.5 Å². The number of aliphatic hydroxyl groups excluding tert-OH is 2. The first kappa shape index (κ1) is 52.2. The Morgan fingerprint density at radius 1 is 0.404 bits per heavy atom. The van der Waals surface area contributed by atoms with Crippen molar-refractivity contribution in [3.63, 3.8) is 0 Å². The standard InChI is InChI=1S/C23H44O6S18/c24-7-34-18-44-22(26)5-32-11-38-14-37-10-31-2-4-47(29)21-43-17-41-15-40-16-42-19-45-23(27)6-33-12-39-13-36-9-30-1-3-46(28)20-35-8-25/h24-25H,1-21H2. The molecule has 0 rings (SSSR count). The van der Waals surface area contributed by atoms with Crippen LogP contribution in [-0.2, 0) is 31.2 Å². The Morgan fingerprint density at radius 3 is 1.19 bits per heavy atom. The SMILES string of the molecule is O=C(CSCSCSCSCCS(=O)CSCSCSCSCSC(=O)CSCSCSCSCCS(=O)CSCO)SCSCO. The van der Waals surface area contributed by atoms with Crippen molar-refractivity contribution in [1.29, 1.82) is 0 Å². The molecule has 0 heterocycles. The van der Waals surface area contributed by atoms with Crippen LogP contribution in [0.1, 0.15) is 0 Å². The number of rotatable bonds is 38. The van der Waals surface area contributed by atoms with Gasteiger partial charge in [0.05, 0.1) is 33.6 Å². The van der Waals surface area contributed by atoms with Crippen LogP contribution in [0.2, 0.25) is 0 Å². The van der Waals surface area contributed by atoms with Gasteiger partial charge in [-0.2, -0.15) is 23.5 Å². The topological polar surface area (TPSA) is 109 Å². The Bertz CT molecular complexity index is 774. The van der Waals surface area contributed by atoms with Crippen LogP contribution in [0.15, 0.2) is 0 Å². The molecule has 47 heavy (non-hydrogen) atoms. The minimum absolute atomic E-state index is 0.0313. The van der Waals surface area contributed by atoms with Crippen LogP contribution in [0.5, 0.6) is 0 Å². The number of aliphatic hydroxyl groups is 2. The van der Waals surface area contributed by atoms with E-state index in [1.165, 1.54) is 47.0 Å². The van der Waals surface area contributed by atoms with Crippen molar-refractivity contribution in [2.75, 3.05) is 112 Å². The summed E-state index contributed by atoms with van der Waals surface area (Å²) in [4.78, 5) is 23.7. The summed E-state index contributed by atoms with van der Waals surface area (Å²) in [6, 6.07) is 0. The normalized spacial score (nSPS) is 12.8. The van der Waals surface area contributed by atoms with Gasteiger partial charge in [-0.3, -0.25) is 18.0 Å². The van der Waals surface area contributed by atoms with Gasteiger partial charge in [0.15, 0.2) is 10.2 Å². The van der Waals surface area contributed by atoms with Crippen LogP contribution in [-0.4, -0.2) is 141 Å². The lowest BCUT2D eigenvalue weighted by atomic mass is 10.9. The van der Waals surface area contributed by atoms with Crippen molar-refractivity contribution in [2.45, 2.75) is 0 Å². The summed E-state index contributed by atoms with van der Waals surface area (Å²) in [6.07, 6.45) is 0. The third-order valence-electron chi connectivity index (χ3n) is 4.07. The van der Waals surface area contributed by atoms with Gasteiger partial charge in [-0.05, 0) is 0 Å². The maximum atomic E-state index is 12.2. The van der Waals surface area contributed by atoms with Crippen LogP contribution in [0.25, 0.3) is 0 Å². The van der Waals surface area contributed by atoms with Gasteiger partial charge < -0.3 is 10.2 Å². The highest BCUT2D eigenvalue weighted by Gasteiger charge is 2.06. The summed E-state index contributed by atoms with van der Waals surface area (Å²) >= 11 is 27.0. The summed E-state index contributed by atoms with van der Waals surface area (Å²) in [5, 5.41) is 29.3. The summed E-state index contributed by atoms with van der Waals surface area (Å²) < 4.78 is 23.8. The van der Waals surface area contributed by atoms with E-state index in [1.54, 1.807) is 58.8 Å². The number of carbonyl (C=O) groups excluding carboxylic acids is 2. The molecule has 0 fully saturated rings. The van der Waals surface area contributed by atoms with Gasteiger partial charge in [-0.15, -0.1) is 141 Å². The first-order valence-electron chi connectivity index (χ1n) is 13.3. The van der Waals surface area contributed by atoms with Gasteiger partial charge in [0.25, 0.3) is 0 Å². The van der Waals surface area contributed by atoms with Crippen molar-refractivity contribution in [3.05, 3.63) is 0 Å². The van der Waals surface area contributed by atoms with Gasteiger partial charge in [-0.25, -0.2) is 0 Å². The lowest BCUT2D eigenvalue weighted by molar-refractivity contribution is -0.109. The first-order valence-corrected chi connectivity index (χ1v) is 34.4. The monoisotopic (exact) mass is 992 g/mol. The predicted molar refractivity (Wildman–Crippen MR) is 254 cm³/mol. The lowest BCUT2D eigenvalue weighted by Crippen LogP contribution is -2.02. The Labute approximate surface area is 355 Å². The molecule has 24 heteroatoms. The molecule has 0 saturated heterocycles. The third-order valence-corrected chi connectivity index (χ3v) is 27.2. The largest absolute Gasteiger partial charge is 0.386 e. The quantitative estimate of drug-likeness (QED) is 0.0455. The molecule has 2 atom stereocenters. The molecule has 6 nitrogen and oxygen atoms in total. The van der Waals surface area contributed by atoms with Crippen LogP contribution in [0.3, 0.4) is 0 Å². The fourth-order valence-electron chi connectivity index (χ4n) is 2.15. The van der Waals surface area contributed by atoms with Crippen LogP contribution in [0.4, 0.5) is 0 Å². The minimum atomic E-state index is -0.840. The van der Waals surface area contributed by atoms with Crippen molar-refractivity contribution in [3.8, 4) is 0 Å². The van der Waals surface area contributed by atoms with E-state index in [-0.39, 0.29) is 22.1 Å². The molecule has 0 aliphatic carbocycles. The average molecular weight is 994 g/mol. The van der Waals surface area contributed by atoms with Crippen molar-refractivity contribution in [2.24, 2.45) is 0 Å². The van der Waals surface area contributed by atoms with Gasteiger partial charge in [0.2, 0.25) is 0 Å². The highest BCUT2D eigenvalue weighted by atomic mass is 32.3. The fourth-order valence-corrected chi connectivity index (χ4v) is 23.8. The van der Waals surface area contributed by atoms with Crippen LogP contribution < -0.4 is 0 Å². The Balaban J connectivity index is 3.30. The molecule has 0 aromatic rings. The molecule has 0 aliphatic heterocycles. The highest BCUT2D eigenvalue weighted by Crippen LogP contribution is 2.26. The fraction of sp³-hybridized carbons (Fsp3) is 0.913. The third kappa shape index (κ3) is 43.8. The summed E-state index contributed by atoms with van der Waals surface area (Å²) in [5.74, 6) is 4.42. The molecule has 0 amide bonds. The number of thioether (sulfide) groups is 16. The molecule has 0 spiro atoms. The molecule has 0 aromatic carbocycles. The number of hydrogen-bond acceptors (Lipinski definition) is 22. The number of carbonyl (C=O) groups is 2. The molecular weight excluding hydrogens is 949 g/mol. The molecule has 0 bridgehead atoms. The van der Waals surface area contributed by atoms with Crippen LogP contribution in [0, 0.1) is 0 Å². The van der Waals surface area contributed by atoms with Crippen molar-refractivity contribution >= 4 is 220 Å². The van der Waals surface area contributed by atoms with E-state index in [4.69, 9.17) is 10.2 Å².